The number of sulfonamides is 1. The van der Waals surface area contributed by atoms with Crippen LogP contribution in [0.4, 0.5) is 0 Å². The minimum atomic E-state index is -3.38. The molecule has 0 aromatic heterocycles. The van der Waals surface area contributed by atoms with Gasteiger partial charge in [-0.25, -0.2) is 8.42 Å². The van der Waals surface area contributed by atoms with E-state index in [1.54, 1.807) is 4.31 Å². The maximum absolute atomic E-state index is 13.1. The Morgan fingerprint density at radius 3 is 2.27 bits per heavy atom. The molecule has 0 saturated carbocycles. The summed E-state index contributed by atoms with van der Waals surface area (Å²) >= 11 is 0. The lowest BCUT2D eigenvalue weighted by atomic mass is 9.94. The number of benzene rings is 1. The van der Waals surface area contributed by atoms with Crippen LogP contribution in [0.25, 0.3) is 0 Å². The van der Waals surface area contributed by atoms with E-state index in [1.165, 1.54) is 25.9 Å². The zero-order valence-electron chi connectivity index (χ0n) is 16.8. The molecule has 2 saturated heterocycles. The van der Waals surface area contributed by atoms with E-state index < -0.39 is 10.0 Å². The average molecular weight is 379 g/mol. The highest BCUT2D eigenvalue weighted by Crippen LogP contribution is 2.28. The fourth-order valence-corrected chi connectivity index (χ4v) is 6.26. The van der Waals surface area contributed by atoms with Crippen molar-refractivity contribution in [1.29, 1.82) is 0 Å². The molecule has 5 heteroatoms. The van der Waals surface area contributed by atoms with Crippen molar-refractivity contribution < 1.29 is 8.42 Å². The molecule has 0 radical (unpaired) electrons. The predicted octanol–water partition coefficient (Wildman–Crippen LogP) is 3.74. The van der Waals surface area contributed by atoms with Gasteiger partial charge in [0.15, 0.2) is 0 Å². The van der Waals surface area contributed by atoms with E-state index in [4.69, 9.17) is 0 Å². The lowest BCUT2D eigenvalue weighted by molar-refractivity contribution is 0.136. The topological polar surface area (TPSA) is 40.6 Å². The standard InChI is InChI=1S/C21H34N2O2S/c1-16-6-5-9-22(14-16)15-20-7-10-23(11-8-20)26(24,25)21-13-18(3)17(2)12-19(21)4/h12-13,16,20H,5-11,14-15H2,1-4H3. The smallest absolute Gasteiger partial charge is 0.243 e. The molecule has 0 N–H and O–H groups in total. The van der Waals surface area contributed by atoms with Crippen LogP contribution in [-0.4, -0.2) is 50.3 Å². The quantitative estimate of drug-likeness (QED) is 0.801. The van der Waals surface area contributed by atoms with Crippen LogP contribution in [0.5, 0.6) is 0 Å². The molecule has 4 nitrogen and oxygen atoms in total. The molecule has 1 unspecified atom stereocenters. The maximum atomic E-state index is 13.1. The molecule has 0 bridgehead atoms. The molecule has 0 spiro atoms. The molecular weight excluding hydrogens is 344 g/mol. The fraction of sp³-hybridized carbons (Fsp3) is 0.714. The third-order valence-electron chi connectivity index (χ3n) is 6.24. The Balaban J connectivity index is 1.63. The summed E-state index contributed by atoms with van der Waals surface area (Å²) in [5.41, 5.74) is 3.05. The van der Waals surface area contributed by atoms with Crippen LogP contribution in [0.1, 0.15) is 49.3 Å². The van der Waals surface area contributed by atoms with Crippen LogP contribution in [-0.2, 0) is 10.0 Å². The van der Waals surface area contributed by atoms with Gasteiger partial charge in [-0.15, -0.1) is 0 Å². The first-order chi connectivity index (χ1) is 12.3. The molecule has 146 valence electrons. The average Bonchev–Trinajstić information content (AvgIpc) is 2.58. The van der Waals surface area contributed by atoms with Gasteiger partial charge in [0, 0.05) is 26.2 Å². The summed E-state index contributed by atoms with van der Waals surface area (Å²) in [5, 5.41) is 0. The summed E-state index contributed by atoms with van der Waals surface area (Å²) in [6.07, 6.45) is 4.62. The van der Waals surface area contributed by atoms with Gasteiger partial charge in [0.05, 0.1) is 4.90 Å². The van der Waals surface area contributed by atoms with Crippen LogP contribution >= 0.6 is 0 Å². The van der Waals surface area contributed by atoms with E-state index in [0.717, 1.165) is 42.0 Å². The third-order valence-corrected chi connectivity index (χ3v) is 8.28. The number of nitrogens with zero attached hydrogens (tertiary/aromatic N) is 2. The highest BCUT2D eigenvalue weighted by atomic mass is 32.2. The first-order valence-electron chi connectivity index (χ1n) is 10.1. The molecule has 3 rings (SSSR count). The van der Waals surface area contributed by atoms with Gasteiger partial charge in [-0.2, -0.15) is 4.31 Å². The van der Waals surface area contributed by atoms with Gasteiger partial charge in [-0.3, -0.25) is 0 Å². The first-order valence-corrected chi connectivity index (χ1v) is 11.5. The lowest BCUT2D eigenvalue weighted by Gasteiger charge is -2.37. The second-order valence-corrected chi connectivity index (χ2v) is 10.5. The minimum Gasteiger partial charge on any atom is -0.303 e. The van der Waals surface area contributed by atoms with Crippen molar-refractivity contribution in [3.63, 3.8) is 0 Å². The highest BCUT2D eigenvalue weighted by Gasteiger charge is 2.31. The number of hydrogen-bond donors (Lipinski definition) is 0. The highest BCUT2D eigenvalue weighted by molar-refractivity contribution is 7.89. The van der Waals surface area contributed by atoms with E-state index in [2.05, 4.69) is 11.8 Å². The Morgan fingerprint density at radius 2 is 1.62 bits per heavy atom. The molecule has 1 aromatic rings. The minimum absolute atomic E-state index is 0.490. The second kappa shape index (κ2) is 7.99. The Morgan fingerprint density at radius 1 is 0.962 bits per heavy atom. The summed E-state index contributed by atoms with van der Waals surface area (Å²) in [6.45, 7) is 13.1. The fourth-order valence-electron chi connectivity index (χ4n) is 4.50. The molecular formula is C21H34N2O2S. The van der Waals surface area contributed by atoms with Crippen molar-refractivity contribution in [3.8, 4) is 0 Å². The second-order valence-electron chi connectivity index (χ2n) is 8.56. The van der Waals surface area contributed by atoms with Crippen molar-refractivity contribution in [3.05, 3.63) is 28.8 Å². The molecule has 1 aromatic carbocycles. The molecule has 2 fully saturated rings. The van der Waals surface area contributed by atoms with Gasteiger partial charge in [-0.1, -0.05) is 13.0 Å². The normalized spacial score (nSPS) is 24.1. The van der Waals surface area contributed by atoms with E-state index >= 15 is 0 Å². The molecule has 26 heavy (non-hydrogen) atoms. The van der Waals surface area contributed by atoms with E-state index in [-0.39, 0.29) is 0 Å². The molecule has 2 aliphatic rings. The van der Waals surface area contributed by atoms with Crippen LogP contribution in [0, 0.1) is 32.6 Å². The van der Waals surface area contributed by atoms with E-state index in [1.807, 2.05) is 32.9 Å². The monoisotopic (exact) mass is 378 g/mol. The van der Waals surface area contributed by atoms with Crippen LogP contribution in [0.3, 0.4) is 0 Å². The third kappa shape index (κ3) is 4.32. The number of likely N-dealkylation sites (tertiary alicyclic amines) is 1. The summed E-state index contributed by atoms with van der Waals surface area (Å²) in [7, 11) is -3.38. The number of piperidine rings is 2. The van der Waals surface area contributed by atoms with Gasteiger partial charge in [0.1, 0.15) is 0 Å². The van der Waals surface area contributed by atoms with E-state index in [0.29, 0.717) is 23.9 Å². The number of rotatable bonds is 4. The van der Waals surface area contributed by atoms with Crippen molar-refractivity contribution >= 4 is 10.0 Å². The molecule has 2 heterocycles. The Labute approximate surface area is 159 Å². The summed E-state index contributed by atoms with van der Waals surface area (Å²) < 4.78 is 28.0. The van der Waals surface area contributed by atoms with Crippen LogP contribution in [0.2, 0.25) is 0 Å². The summed E-state index contributed by atoms with van der Waals surface area (Å²) in [5.74, 6) is 1.43. The van der Waals surface area contributed by atoms with Crippen LogP contribution in [0.15, 0.2) is 17.0 Å². The summed E-state index contributed by atoms with van der Waals surface area (Å²) in [6, 6.07) is 3.84. The van der Waals surface area contributed by atoms with Crippen molar-refractivity contribution in [2.75, 3.05) is 32.7 Å². The summed E-state index contributed by atoms with van der Waals surface area (Å²) in [4.78, 5) is 3.08. The van der Waals surface area contributed by atoms with Gasteiger partial charge in [-0.05, 0) is 87.6 Å². The van der Waals surface area contributed by atoms with Crippen molar-refractivity contribution in [2.45, 2.75) is 58.3 Å². The maximum Gasteiger partial charge on any atom is 0.243 e. The SMILES string of the molecule is Cc1cc(C)c(S(=O)(=O)N2CCC(CN3CCCC(C)C3)CC2)cc1C. The Kier molecular flexibility index (Phi) is 6.10. The number of aryl methyl sites for hydroxylation is 3. The zero-order valence-corrected chi connectivity index (χ0v) is 17.6. The predicted molar refractivity (Wildman–Crippen MR) is 107 cm³/mol. The van der Waals surface area contributed by atoms with Gasteiger partial charge < -0.3 is 4.90 Å². The zero-order chi connectivity index (χ0) is 18.9. The Hall–Kier alpha value is -0.910. The largest absolute Gasteiger partial charge is 0.303 e. The van der Waals surface area contributed by atoms with E-state index in [9.17, 15) is 8.42 Å². The molecule has 0 aliphatic carbocycles. The van der Waals surface area contributed by atoms with Crippen LogP contribution < -0.4 is 0 Å². The first kappa shape index (κ1) is 19.8. The molecule has 2 aliphatic heterocycles. The lowest BCUT2D eigenvalue weighted by Crippen LogP contribution is -2.43. The van der Waals surface area contributed by atoms with Gasteiger partial charge >= 0.3 is 0 Å². The van der Waals surface area contributed by atoms with Gasteiger partial charge in [0.2, 0.25) is 10.0 Å². The number of hydrogen-bond acceptors (Lipinski definition) is 3. The van der Waals surface area contributed by atoms with Crippen molar-refractivity contribution in [1.82, 2.24) is 9.21 Å². The van der Waals surface area contributed by atoms with Crippen molar-refractivity contribution in [2.24, 2.45) is 11.8 Å². The molecule has 0 amide bonds. The Bertz CT molecular complexity index is 737. The molecule has 1 atom stereocenters. The van der Waals surface area contributed by atoms with Gasteiger partial charge in [0.25, 0.3) is 0 Å².